The van der Waals surface area contributed by atoms with Crippen LogP contribution in [0.1, 0.15) is 23.3 Å². The Labute approximate surface area is 123 Å². The van der Waals surface area contributed by atoms with Crippen molar-refractivity contribution >= 4 is 5.91 Å². The number of carbonyl (C=O) groups excluding carboxylic acids is 1. The Morgan fingerprint density at radius 1 is 1.24 bits per heavy atom. The molecule has 0 aliphatic rings. The smallest absolute Gasteiger partial charge is 0.267 e. The summed E-state index contributed by atoms with van der Waals surface area (Å²) in [7, 11) is 1.84. The van der Waals surface area contributed by atoms with Gasteiger partial charge in [0.1, 0.15) is 17.3 Å². The Bertz CT molecular complexity index is 578. The monoisotopic (exact) mass is 290 g/mol. The van der Waals surface area contributed by atoms with Crippen LogP contribution in [-0.2, 0) is 7.05 Å². The first-order valence-corrected chi connectivity index (χ1v) is 6.95. The second-order valence-electron chi connectivity index (χ2n) is 4.77. The normalized spacial score (nSPS) is 10.4. The van der Waals surface area contributed by atoms with Crippen molar-refractivity contribution in [3.8, 4) is 5.75 Å². The lowest BCUT2D eigenvalue weighted by atomic mass is 10.3. The largest absolute Gasteiger partial charge is 0.494 e. The summed E-state index contributed by atoms with van der Waals surface area (Å²) >= 11 is 0. The molecule has 4 nitrogen and oxygen atoms in total. The Balaban J connectivity index is 1.59. The molecule has 0 aliphatic carbocycles. The van der Waals surface area contributed by atoms with Gasteiger partial charge in [0.2, 0.25) is 0 Å². The highest BCUT2D eigenvalue weighted by molar-refractivity contribution is 5.92. The van der Waals surface area contributed by atoms with E-state index in [4.69, 9.17) is 4.74 Å². The first-order chi connectivity index (χ1) is 10.2. The van der Waals surface area contributed by atoms with E-state index in [1.165, 1.54) is 12.1 Å². The molecule has 2 aromatic rings. The highest BCUT2D eigenvalue weighted by Gasteiger charge is 2.07. The number of aromatic nitrogens is 1. The van der Waals surface area contributed by atoms with Gasteiger partial charge in [-0.25, -0.2) is 4.39 Å². The minimum absolute atomic E-state index is 0.0676. The molecule has 5 heteroatoms. The lowest BCUT2D eigenvalue weighted by Gasteiger charge is -2.07. The van der Waals surface area contributed by atoms with E-state index in [2.05, 4.69) is 5.32 Å². The first kappa shape index (κ1) is 15.1. The van der Waals surface area contributed by atoms with E-state index < -0.39 is 0 Å². The van der Waals surface area contributed by atoms with Gasteiger partial charge in [0.15, 0.2) is 0 Å². The lowest BCUT2D eigenvalue weighted by Crippen LogP contribution is -2.26. The van der Waals surface area contributed by atoms with E-state index in [9.17, 15) is 9.18 Å². The predicted octanol–water partition coefficient (Wildman–Crippen LogP) is 2.75. The van der Waals surface area contributed by atoms with Crippen LogP contribution in [0.25, 0.3) is 0 Å². The molecule has 0 atom stereocenters. The SMILES string of the molecule is Cn1cccc1C(=O)NCCCCOc1ccc(F)cc1. The predicted molar refractivity (Wildman–Crippen MR) is 78.9 cm³/mol. The molecule has 0 unspecified atom stereocenters. The molecule has 112 valence electrons. The van der Waals surface area contributed by atoms with Crippen LogP contribution in [0.2, 0.25) is 0 Å². The fourth-order valence-corrected chi connectivity index (χ4v) is 1.94. The van der Waals surface area contributed by atoms with Crippen LogP contribution >= 0.6 is 0 Å². The molecule has 21 heavy (non-hydrogen) atoms. The van der Waals surface area contributed by atoms with Crippen molar-refractivity contribution in [2.75, 3.05) is 13.2 Å². The molecular weight excluding hydrogens is 271 g/mol. The van der Waals surface area contributed by atoms with Crippen molar-refractivity contribution < 1.29 is 13.9 Å². The third kappa shape index (κ3) is 4.63. The van der Waals surface area contributed by atoms with Crippen LogP contribution < -0.4 is 10.1 Å². The average molecular weight is 290 g/mol. The number of benzene rings is 1. The van der Waals surface area contributed by atoms with Gasteiger partial charge in [-0.05, 0) is 49.2 Å². The maximum absolute atomic E-state index is 12.7. The third-order valence-corrected chi connectivity index (χ3v) is 3.12. The second kappa shape index (κ2) is 7.47. The van der Waals surface area contributed by atoms with Crippen LogP contribution in [0.15, 0.2) is 42.6 Å². The number of rotatable bonds is 7. The van der Waals surface area contributed by atoms with Crippen molar-refractivity contribution in [1.82, 2.24) is 9.88 Å². The summed E-state index contributed by atoms with van der Waals surface area (Å²) in [6.45, 7) is 1.16. The van der Waals surface area contributed by atoms with Gasteiger partial charge in [-0.3, -0.25) is 4.79 Å². The molecule has 0 radical (unpaired) electrons. The summed E-state index contributed by atoms with van der Waals surface area (Å²) in [6.07, 6.45) is 3.49. The molecule has 0 fully saturated rings. The van der Waals surface area contributed by atoms with E-state index in [1.807, 2.05) is 19.3 Å². The van der Waals surface area contributed by atoms with E-state index in [0.29, 0.717) is 24.6 Å². The molecule has 0 aliphatic heterocycles. The third-order valence-electron chi connectivity index (χ3n) is 3.12. The summed E-state index contributed by atoms with van der Waals surface area (Å²) in [4.78, 5) is 11.8. The number of nitrogens with one attached hydrogen (secondary N) is 1. The van der Waals surface area contributed by atoms with Crippen molar-refractivity contribution in [2.24, 2.45) is 7.05 Å². The topological polar surface area (TPSA) is 43.3 Å². The van der Waals surface area contributed by atoms with Gasteiger partial charge in [0, 0.05) is 19.8 Å². The summed E-state index contributed by atoms with van der Waals surface area (Å²) < 4.78 is 20.0. The molecule has 1 aromatic carbocycles. The van der Waals surface area contributed by atoms with E-state index in [1.54, 1.807) is 22.8 Å². The number of halogens is 1. The molecule has 1 heterocycles. The minimum atomic E-state index is -0.272. The van der Waals surface area contributed by atoms with E-state index in [-0.39, 0.29) is 11.7 Å². The molecule has 1 N–H and O–H groups in total. The van der Waals surface area contributed by atoms with Crippen LogP contribution in [0.3, 0.4) is 0 Å². The molecule has 0 bridgehead atoms. The number of hydrogen-bond acceptors (Lipinski definition) is 2. The van der Waals surface area contributed by atoms with Crippen molar-refractivity contribution in [3.05, 3.63) is 54.1 Å². The summed E-state index contributed by atoms with van der Waals surface area (Å²) in [5.74, 6) is 0.317. The van der Waals surface area contributed by atoms with Crippen LogP contribution in [0.4, 0.5) is 4.39 Å². The van der Waals surface area contributed by atoms with Crippen molar-refractivity contribution in [2.45, 2.75) is 12.8 Å². The molecular formula is C16H19FN2O2. The van der Waals surface area contributed by atoms with Gasteiger partial charge in [-0.2, -0.15) is 0 Å². The maximum Gasteiger partial charge on any atom is 0.267 e. The number of unbranched alkanes of at least 4 members (excludes halogenated alkanes) is 1. The van der Waals surface area contributed by atoms with Crippen molar-refractivity contribution in [3.63, 3.8) is 0 Å². The first-order valence-electron chi connectivity index (χ1n) is 6.95. The van der Waals surface area contributed by atoms with Gasteiger partial charge in [-0.1, -0.05) is 0 Å². The molecule has 2 rings (SSSR count). The fraction of sp³-hybridized carbons (Fsp3) is 0.312. The summed E-state index contributed by atoms with van der Waals surface area (Å²) in [5.41, 5.74) is 0.651. The molecule has 0 saturated heterocycles. The number of carbonyl (C=O) groups is 1. The molecule has 1 aromatic heterocycles. The fourth-order valence-electron chi connectivity index (χ4n) is 1.94. The number of hydrogen-bond donors (Lipinski definition) is 1. The number of aryl methyl sites for hydroxylation is 1. The Hall–Kier alpha value is -2.30. The van der Waals surface area contributed by atoms with E-state index >= 15 is 0 Å². The van der Waals surface area contributed by atoms with Gasteiger partial charge >= 0.3 is 0 Å². The zero-order valence-corrected chi connectivity index (χ0v) is 12.0. The second-order valence-corrected chi connectivity index (χ2v) is 4.77. The van der Waals surface area contributed by atoms with Gasteiger partial charge in [0.25, 0.3) is 5.91 Å². The van der Waals surface area contributed by atoms with Gasteiger partial charge in [0.05, 0.1) is 6.61 Å². The van der Waals surface area contributed by atoms with Gasteiger partial charge < -0.3 is 14.6 Å². The highest BCUT2D eigenvalue weighted by atomic mass is 19.1. The Kier molecular flexibility index (Phi) is 5.37. The maximum atomic E-state index is 12.7. The lowest BCUT2D eigenvalue weighted by molar-refractivity contribution is 0.0944. The highest BCUT2D eigenvalue weighted by Crippen LogP contribution is 2.11. The van der Waals surface area contributed by atoms with Gasteiger partial charge in [-0.15, -0.1) is 0 Å². The standard InChI is InChI=1S/C16H19FN2O2/c1-19-11-4-5-15(19)16(20)18-10-2-3-12-21-14-8-6-13(17)7-9-14/h4-9,11H,2-3,10,12H2,1H3,(H,18,20). The zero-order chi connectivity index (χ0) is 15.1. The van der Waals surface area contributed by atoms with E-state index in [0.717, 1.165) is 12.8 Å². The number of nitrogens with zero attached hydrogens (tertiary/aromatic N) is 1. The van der Waals surface area contributed by atoms with Crippen molar-refractivity contribution in [1.29, 1.82) is 0 Å². The number of ether oxygens (including phenoxy) is 1. The Morgan fingerprint density at radius 2 is 2.00 bits per heavy atom. The minimum Gasteiger partial charge on any atom is -0.494 e. The summed E-state index contributed by atoms with van der Waals surface area (Å²) in [6, 6.07) is 9.57. The average Bonchev–Trinajstić information content (AvgIpc) is 2.90. The molecule has 0 spiro atoms. The summed E-state index contributed by atoms with van der Waals surface area (Å²) in [5, 5.41) is 2.87. The number of amides is 1. The molecule has 0 saturated carbocycles. The quantitative estimate of drug-likeness (QED) is 0.797. The van der Waals surface area contributed by atoms with Crippen LogP contribution in [0, 0.1) is 5.82 Å². The Morgan fingerprint density at radius 3 is 2.67 bits per heavy atom. The van der Waals surface area contributed by atoms with Crippen LogP contribution in [-0.4, -0.2) is 23.6 Å². The zero-order valence-electron chi connectivity index (χ0n) is 12.0. The molecule has 1 amide bonds. The van der Waals surface area contributed by atoms with Crippen LogP contribution in [0.5, 0.6) is 5.75 Å².